The zero-order valence-electron chi connectivity index (χ0n) is 11.2. The number of hydrogen-bond donors (Lipinski definition) is 0. The molecule has 0 amide bonds. The fourth-order valence-electron chi connectivity index (χ4n) is 2.12. The molecule has 1 unspecified atom stereocenters. The van der Waals surface area contributed by atoms with E-state index in [1.807, 2.05) is 18.2 Å². The lowest BCUT2D eigenvalue weighted by atomic mass is 9.98. The van der Waals surface area contributed by atoms with Gasteiger partial charge in [0.2, 0.25) is 0 Å². The van der Waals surface area contributed by atoms with Crippen molar-refractivity contribution in [1.82, 2.24) is 0 Å². The van der Waals surface area contributed by atoms with E-state index in [9.17, 15) is 0 Å². The predicted octanol–water partition coefficient (Wildman–Crippen LogP) is 5.56. The van der Waals surface area contributed by atoms with Crippen molar-refractivity contribution in [3.8, 4) is 5.75 Å². The molecule has 0 N–H and O–H groups in total. The van der Waals surface area contributed by atoms with E-state index in [2.05, 4.69) is 63.9 Å². The molecule has 0 saturated carbocycles. The number of alkyl halides is 1. The summed E-state index contributed by atoms with van der Waals surface area (Å²) in [5, 5.41) is 0. The van der Waals surface area contributed by atoms with Gasteiger partial charge < -0.3 is 4.74 Å². The molecule has 0 aliphatic heterocycles. The number of methoxy groups -OCH3 is 1. The Balaban J connectivity index is 2.50. The van der Waals surface area contributed by atoms with Crippen LogP contribution in [-0.2, 0) is 0 Å². The van der Waals surface area contributed by atoms with Crippen LogP contribution < -0.4 is 4.74 Å². The van der Waals surface area contributed by atoms with E-state index in [0.29, 0.717) is 0 Å². The molecule has 0 aromatic heterocycles. The van der Waals surface area contributed by atoms with Crippen molar-refractivity contribution in [2.45, 2.75) is 18.7 Å². The van der Waals surface area contributed by atoms with Crippen molar-refractivity contribution in [2.24, 2.45) is 0 Å². The van der Waals surface area contributed by atoms with E-state index in [-0.39, 0.29) is 4.83 Å². The molecule has 2 aromatic rings. The van der Waals surface area contributed by atoms with Gasteiger partial charge in [-0.2, -0.15) is 0 Å². The first-order chi connectivity index (χ1) is 9.04. The van der Waals surface area contributed by atoms with Gasteiger partial charge in [-0.15, -0.1) is 0 Å². The molecular formula is C16H16Br2O. The Morgan fingerprint density at radius 3 is 2.37 bits per heavy atom. The molecule has 0 heterocycles. The summed E-state index contributed by atoms with van der Waals surface area (Å²) in [4.78, 5) is 0.135. The van der Waals surface area contributed by atoms with Crippen LogP contribution in [0.4, 0.5) is 0 Å². The van der Waals surface area contributed by atoms with Gasteiger partial charge in [-0.3, -0.25) is 0 Å². The summed E-state index contributed by atoms with van der Waals surface area (Å²) in [6.45, 7) is 4.23. The normalized spacial score (nSPS) is 12.3. The number of benzene rings is 2. The first-order valence-electron chi connectivity index (χ1n) is 6.08. The number of halogens is 2. The molecule has 1 atom stereocenters. The molecule has 0 aliphatic rings. The first kappa shape index (κ1) is 14.6. The molecule has 100 valence electrons. The molecule has 3 heteroatoms. The van der Waals surface area contributed by atoms with Gasteiger partial charge in [0.05, 0.1) is 11.9 Å². The number of hydrogen-bond acceptors (Lipinski definition) is 1. The third kappa shape index (κ3) is 3.03. The monoisotopic (exact) mass is 382 g/mol. The van der Waals surface area contributed by atoms with Crippen molar-refractivity contribution in [2.75, 3.05) is 7.11 Å². The Kier molecular flexibility index (Phi) is 4.69. The largest absolute Gasteiger partial charge is 0.496 e. The van der Waals surface area contributed by atoms with Crippen LogP contribution >= 0.6 is 31.9 Å². The highest BCUT2D eigenvalue weighted by molar-refractivity contribution is 9.10. The molecule has 2 aromatic carbocycles. The predicted molar refractivity (Wildman–Crippen MR) is 87.4 cm³/mol. The Morgan fingerprint density at radius 1 is 1.00 bits per heavy atom. The zero-order chi connectivity index (χ0) is 14.0. The standard InChI is InChI=1S/C16H16Br2O/c1-10-9-14(17)11(2)8-13(10)16(18)12-6-4-5-7-15(12)19-3/h4-9,16H,1-3H3. The minimum Gasteiger partial charge on any atom is -0.496 e. The molecule has 0 saturated heterocycles. The third-order valence-corrected chi connectivity index (χ3v) is 5.07. The van der Waals surface area contributed by atoms with Crippen molar-refractivity contribution in [1.29, 1.82) is 0 Å². The van der Waals surface area contributed by atoms with Gasteiger partial charge in [0.15, 0.2) is 0 Å². The van der Waals surface area contributed by atoms with E-state index in [1.165, 1.54) is 16.7 Å². The lowest BCUT2D eigenvalue weighted by Crippen LogP contribution is -2.00. The average Bonchev–Trinajstić information content (AvgIpc) is 2.42. The van der Waals surface area contributed by atoms with Crippen LogP contribution in [0.25, 0.3) is 0 Å². The van der Waals surface area contributed by atoms with Crippen LogP contribution in [0.3, 0.4) is 0 Å². The van der Waals surface area contributed by atoms with Crippen molar-refractivity contribution < 1.29 is 4.74 Å². The fourth-order valence-corrected chi connectivity index (χ4v) is 3.45. The molecule has 0 fully saturated rings. The minimum atomic E-state index is 0.135. The molecule has 2 rings (SSSR count). The molecule has 19 heavy (non-hydrogen) atoms. The second kappa shape index (κ2) is 6.10. The van der Waals surface area contributed by atoms with E-state index in [0.717, 1.165) is 15.8 Å². The smallest absolute Gasteiger partial charge is 0.123 e. The van der Waals surface area contributed by atoms with Crippen molar-refractivity contribution >= 4 is 31.9 Å². The van der Waals surface area contributed by atoms with Crippen LogP contribution in [0, 0.1) is 13.8 Å². The maximum atomic E-state index is 5.44. The van der Waals surface area contributed by atoms with E-state index in [4.69, 9.17) is 4.74 Å². The minimum absolute atomic E-state index is 0.135. The zero-order valence-corrected chi connectivity index (χ0v) is 14.4. The Labute approximate surface area is 131 Å². The van der Waals surface area contributed by atoms with Crippen LogP contribution in [0.5, 0.6) is 5.75 Å². The summed E-state index contributed by atoms with van der Waals surface area (Å²) < 4.78 is 6.59. The van der Waals surface area contributed by atoms with Gasteiger partial charge >= 0.3 is 0 Å². The van der Waals surface area contributed by atoms with Crippen molar-refractivity contribution in [3.05, 3.63) is 63.1 Å². The second-order valence-corrected chi connectivity index (χ2v) is 6.33. The topological polar surface area (TPSA) is 9.23 Å². The summed E-state index contributed by atoms with van der Waals surface area (Å²) in [5.41, 5.74) is 4.91. The average molecular weight is 384 g/mol. The SMILES string of the molecule is COc1ccccc1C(Br)c1cc(C)c(Br)cc1C. The Morgan fingerprint density at radius 2 is 1.68 bits per heavy atom. The molecule has 0 aliphatic carbocycles. The highest BCUT2D eigenvalue weighted by Gasteiger charge is 2.17. The highest BCUT2D eigenvalue weighted by atomic mass is 79.9. The highest BCUT2D eigenvalue weighted by Crippen LogP contribution is 2.39. The van der Waals surface area contributed by atoms with Gasteiger partial charge in [-0.25, -0.2) is 0 Å². The molecular weight excluding hydrogens is 368 g/mol. The van der Waals surface area contributed by atoms with E-state index < -0.39 is 0 Å². The Bertz CT molecular complexity index is 593. The lowest BCUT2D eigenvalue weighted by molar-refractivity contribution is 0.410. The number of para-hydroxylation sites is 1. The maximum absolute atomic E-state index is 5.44. The van der Waals surface area contributed by atoms with Gasteiger partial charge in [-0.1, -0.05) is 56.1 Å². The second-order valence-electron chi connectivity index (χ2n) is 4.56. The van der Waals surface area contributed by atoms with Crippen LogP contribution in [0.15, 0.2) is 40.9 Å². The quantitative estimate of drug-likeness (QED) is 0.630. The molecule has 1 nitrogen and oxygen atoms in total. The third-order valence-electron chi connectivity index (χ3n) is 3.23. The van der Waals surface area contributed by atoms with E-state index in [1.54, 1.807) is 7.11 Å². The molecule has 0 bridgehead atoms. The maximum Gasteiger partial charge on any atom is 0.123 e. The van der Waals surface area contributed by atoms with Gasteiger partial charge in [0.25, 0.3) is 0 Å². The lowest BCUT2D eigenvalue weighted by Gasteiger charge is -2.17. The summed E-state index contributed by atoms with van der Waals surface area (Å²) in [5.74, 6) is 0.907. The molecule has 0 radical (unpaired) electrons. The summed E-state index contributed by atoms with van der Waals surface area (Å²) >= 11 is 7.37. The summed E-state index contributed by atoms with van der Waals surface area (Å²) in [6.07, 6.45) is 0. The number of aryl methyl sites for hydroxylation is 2. The fraction of sp³-hybridized carbons (Fsp3) is 0.250. The van der Waals surface area contributed by atoms with Gasteiger partial charge in [-0.05, 0) is 42.7 Å². The number of ether oxygens (including phenoxy) is 1. The first-order valence-corrected chi connectivity index (χ1v) is 7.79. The van der Waals surface area contributed by atoms with Crippen LogP contribution in [-0.4, -0.2) is 7.11 Å². The van der Waals surface area contributed by atoms with Crippen LogP contribution in [0.1, 0.15) is 27.1 Å². The summed E-state index contributed by atoms with van der Waals surface area (Å²) in [6, 6.07) is 12.5. The molecule has 0 spiro atoms. The van der Waals surface area contributed by atoms with Crippen molar-refractivity contribution in [3.63, 3.8) is 0 Å². The van der Waals surface area contributed by atoms with Crippen LogP contribution in [0.2, 0.25) is 0 Å². The summed E-state index contributed by atoms with van der Waals surface area (Å²) in [7, 11) is 1.71. The van der Waals surface area contributed by atoms with E-state index >= 15 is 0 Å². The Hall–Kier alpha value is -0.800. The van der Waals surface area contributed by atoms with Gasteiger partial charge in [0.1, 0.15) is 5.75 Å². The number of rotatable bonds is 3. The van der Waals surface area contributed by atoms with Gasteiger partial charge in [0, 0.05) is 10.0 Å².